The number of rotatable bonds is 4. The number of fused-ring (bicyclic) bond motifs is 6. The van der Waals surface area contributed by atoms with Crippen molar-refractivity contribution in [2.24, 2.45) is 0 Å². The molecule has 7 heteroatoms. The molecule has 3 aromatic heterocycles. The summed E-state index contributed by atoms with van der Waals surface area (Å²) in [6, 6.07) is 45.0. The standard InChI is InChI=1S/C41H21N5O2/c42-22-24-11-15-26(16-12-24)39-44-40(27-17-13-25(23-43)14-18-27)46-41(45-39)33-8-3-7-32-37-29(6-4-10-35(37)48-38(32)33)28-19-20-31-30-5-1-2-9-34(30)47-36(31)21-28/h1-21H. The van der Waals surface area contributed by atoms with Gasteiger partial charge in [-0.05, 0) is 90.0 Å². The van der Waals surface area contributed by atoms with Crippen LogP contribution in [0.2, 0.25) is 0 Å². The number of hydrogen-bond donors (Lipinski definition) is 0. The number of benzene rings is 6. The molecule has 222 valence electrons. The molecular weight excluding hydrogens is 594 g/mol. The fourth-order valence-electron chi connectivity index (χ4n) is 6.30. The lowest BCUT2D eigenvalue weighted by molar-refractivity contribution is 0.668. The molecule has 0 bridgehead atoms. The van der Waals surface area contributed by atoms with Gasteiger partial charge in [-0.25, -0.2) is 15.0 Å². The molecule has 48 heavy (non-hydrogen) atoms. The smallest absolute Gasteiger partial charge is 0.167 e. The fourth-order valence-corrected chi connectivity index (χ4v) is 6.30. The number of nitrogens with zero attached hydrogens (tertiary/aromatic N) is 5. The predicted molar refractivity (Wildman–Crippen MR) is 186 cm³/mol. The zero-order chi connectivity index (χ0) is 32.2. The molecule has 0 spiro atoms. The Kier molecular flexibility index (Phi) is 6.11. The van der Waals surface area contributed by atoms with Gasteiger partial charge in [-0.3, -0.25) is 0 Å². The first kappa shape index (κ1) is 27.2. The van der Waals surface area contributed by atoms with Gasteiger partial charge in [-0.1, -0.05) is 48.5 Å². The van der Waals surface area contributed by atoms with Crippen LogP contribution in [0, 0.1) is 22.7 Å². The largest absolute Gasteiger partial charge is 0.456 e. The molecule has 6 aromatic carbocycles. The Labute approximate surface area is 273 Å². The first-order chi connectivity index (χ1) is 23.7. The highest BCUT2D eigenvalue weighted by Crippen LogP contribution is 2.41. The molecule has 0 aliphatic rings. The minimum Gasteiger partial charge on any atom is -0.456 e. The maximum Gasteiger partial charge on any atom is 0.167 e. The summed E-state index contributed by atoms with van der Waals surface area (Å²) in [6.07, 6.45) is 0. The monoisotopic (exact) mass is 615 g/mol. The highest BCUT2D eigenvalue weighted by molar-refractivity contribution is 6.16. The summed E-state index contributed by atoms with van der Waals surface area (Å²) in [4.78, 5) is 14.6. The lowest BCUT2D eigenvalue weighted by Crippen LogP contribution is -2.00. The van der Waals surface area contributed by atoms with E-state index in [0.717, 1.165) is 66.1 Å². The van der Waals surface area contributed by atoms with E-state index in [4.69, 9.17) is 23.8 Å². The maximum atomic E-state index is 9.33. The van der Waals surface area contributed by atoms with Crippen LogP contribution in [-0.4, -0.2) is 15.0 Å². The molecule has 0 aliphatic carbocycles. The highest BCUT2D eigenvalue weighted by atomic mass is 16.3. The second-order valence-electron chi connectivity index (χ2n) is 11.5. The minimum absolute atomic E-state index is 0.443. The Bertz CT molecular complexity index is 2720. The molecule has 0 atom stereocenters. The van der Waals surface area contributed by atoms with Crippen molar-refractivity contribution in [2.45, 2.75) is 0 Å². The van der Waals surface area contributed by atoms with Gasteiger partial charge in [0.1, 0.15) is 22.3 Å². The zero-order valence-electron chi connectivity index (χ0n) is 25.2. The van der Waals surface area contributed by atoms with Crippen LogP contribution in [0.1, 0.15) is 11.1 Å². The quantitative estimate of drug-likeness (QED) is 0.194. The van der Waals surface area contributed by atoms with Gasteiger partial charge in [0.05, 0.1) is 28.8 Å². The second kappa shape index (κ2) is 10.8. The molecule has 7 nitrogen and oxygen atoms in total. The third-order valence-electron chi connectivity index (χ3n) is 8.63. The van der Waals surface area contributed by atoms with Crippen molar-refractivity contribution in [1.29, 1.82) is 10.5 Å². The van der Waals surface area contributed by atoms with Gasteiger partial charge in [0.15, 0.2) is 17.5 Å². The second-order valence-corrected chi connectivity index (χ2v) is 11.5. The fraction of sp³-hybridized carbons (Fsp3) is 0. The van der Waals surface area contributed by atoms with Crippen molar-refractivity contribution in [3.63, 3.8) is 0 Å². The van der Waals surface area contributed by atoms with E-state index < -0.39 is 0 Å². The van der Waals surface area contributed by atoms with Crippen molar-refractivity contribution in [2.75, 3.05) is 0 Å². The Morgan fingerprint density at radius 1 is 0.438 bits per heavy atom. The molecule has 0 unspecified atom stereocenters. The molecule has 0 aliphatic heterocycles. The molecular formula is C41H21N5O2. The highest BCUT2D eigenvalue weighted by Gasteiger charge is 2.20. The summed E-state index contributed by atoms with van der Waals surface area (Å²) in [5.74, 6) is 1.35. The first-order valence-electron chi connectivity index (χ1n) is 15.3. The number of furan rings is 2. The van der Waals surface area contributed by atoms with E-state index in [2.05, 4.69) is 48.5 Å². The maximum absolute atomic E-state index is 9.33. The van der Waals surface area contributed by atoms with Crippen LogP contribution in [0.4, 0.5) is 0 Å². The zero-order valence-corrected chi connectivity index (χ0v) is 25.2. The van der Waals surface area contributed by atoms with E-state index >= 15 is 0 Å². The van der Waals surface area contributed by atoms with E-state index in [1.165, 1.54) is 0 Å². The molecule has 0 radical (unpaired) electrons. The summed E-state index contributed by atoms with van der Waals surface area (Å²) in [7, 11) is 0. The van der Waals surface area contributed by atoms with Crippen LogP contribution in [0.25, 0.3) is 89.2 Å². The molecule has 0 fully saturated rings. The van der Waals surface area contributed by atoms with Gasteiger partial charge in [-0.15, -0.1) is 0 Å². The summed E-state index contributed by atoms with van der Waals surface area (Å²) < 4.78 is 12.8. The number of aromatic nitrogens is 3. The Balaban J connectivity index is 1.24. The van der Waals surface area contributed by atoms with E-state index in [9.17, 15) is 10.5 Å². The predicted octanol–water partition coefficient (Wildman–Crippen LogP) is 10.1. The molecule has 0 N–H and O–H groups in total. The summed E-state index contributed by atoms with van der Waals surface area (Å²) in [5.41, 5.74) is 8.43. The molecule has 0 saturated carbocycles. The van der Waals surface area contributed by atoms with E-state index in [1.807, 2.05) is 66.7 Å². The van der Waals surface area contributed by atoms with E-state index in [-0.39, 0.29) is 0 Å². The number of para-hydroxylation sites is 2. The summed E-state index contributed by atoms with van der Waals surface area (Å²) in [6.45, 7) is 0. The number of hydrogen-bond acceptors (Lipinski definition) is 7. The van der Waals surface area contributed by atoms with Crippen LogP contribution < -0.4 is 0 Å². The van der Waals surface area contributed by atoms with Crippen molar-refractivity contribution in [3.05, 3.63) is 139 Å². The van der Waals surface area contributed by atoms with Gasteiger partial charge in [0.2, 0.25) is 0 Å². The van der Waals surface area contributed by atoms with Gasteiger partial charge >= 0.3 is 0 Å². The van der Waals surface area contributed by atoms with Crippen molar-refractivity contribution in [3.8, 4) is 57.4 Å². The number of nitriles is 2. The van der Waals surface area contributed by atoms with Crippen LogP contribution >= 0.6 is 0 Å². The SMILES string of the molecule is N#Cc1ccc(-c2nc(-c3ccc(C#N)cc3)nc(-c3cccc4c3oc3cccc(-c5ccc6c(c5)oc5ccccc56)c34)n2)cc1. The third kappa shape index (κ3) is 4.39. The Morgan fingerprint density at radius 3 is 1.71 bits per heavy atom. The van der Waals surface area contributed by atoms with Crippen molar-refractivity contribution >= 4 is 43.9 Å². The van der Waals surface area contributed by atoms with Crippen LogP contribution in [0.3, 0.4) is 0 Å². The van der Waals surface area contributed by atoms with Gasteiger partial charge in [0.25, 0.3) is 0 Å². The first-order valence-corrected chi connectivity index (χ1v) is 15.3. The summed E-state index contributed by atoms with van der Waals surface area (Å²) in [5, 5.41) is 22.7. The van der Waals surface area contributed by atoms with Crippen LogP contribution in [-0.2, 0) is 0 Å². The molecule has 0 amide bonds. The topological polar surface area (TPSA) is 113 Å². The van der Waals surface area contributed by atoms with E-state index in [0.29, 0.717) is 34.2 Å². The van der Waals surface area contributed by atoms with E-state index in [1.54, 1.807) is 24.3 Å². The average Bonchev–Trinajstić information content (AvgIpc) is 3.73. The van der Waals surface area contributed by atoms with Gasteiger partial charge < -0.3 is 8.83 Å². The van der Waals surface area contributed by atoms with Crippen LogP contribution in [0.5, 0.6) is 0 Å². The molecule has 3 heterocycles. The van der Waals surface area contributed by atoms with Crippen molar-refractivity contribution in [1.82, 2.24) is 15.0 Å². The molecule has 9 rings (SSSR count). The Hall–Kier alpha value is -7.09. The summed E-state index contributed by atoms with van der Waals surface area (Å²) >= 11 is 0. The average molecular weight is 616 g/mol. The van der Waals surface area contributed by atoms with Gasteiger partial charge in [-0.2, -0.15) is 10.5 Å². The van der Waals surface area contributed by atoms with Crippen molar-refractivity contribution < 1.29 is 8.83 Å². The lowest BCUT2D eigenvalue weighted by atomic mass is 9.97. The third-order valence-corrected chi connectivity index (χ3v) is 8.63. The lowest BCUT2D eigenvalue weighted by Gasteiger charge is -2.09. The van der Waals surface area contributed by atoms with Crippen LogP contribution in [0.15, 0.2) is 136 Å². The Morgan fingerprint density at radius 2 is 1.00 bits per heavy atom. The molecule has 0 saturated heterocycles. The molecule has 9 aromatic rings. The van der Waals surface area contributed by atoms with Gasteiger partial charge in [0, 0.05) is 32.7 Å². The normalized spacial score (nSPS) is 11.3. The minimum atomic E-state index is 0.443.